The van der Waals surface area contributed by atoms with Gasteiger partial charge in [0.1, 0.15) is 6.54 Å². The molecule has 8 heteroatoms. The Kier molecular flexibility index (Phi) is 5.21. The lowest BCUT2D eigenvalue weighted by Gasteiger charge is -2.33. The average Bonchev–Trinajstić information content (AvgIpc) is 3.03. The van der Waals surface area contributed by atoms with Crippen LogP contribution in [0.25, 0.3) is 10.2 Å². The highest BCUT2D eigenvalue weighted by Crippen LogP contribution is 2.41. The number of fused-ring (bicyclic) bond motifs is 3. The molecule has 2 aromatic heterocycles. The number of carbonyl (C=O) groups excluding carboxylic acids is 1. The minimum Gasteiger partial charge on any atom is -0.324 e. The number of benzene rings is 1. The highest BCUT2D eigenvalue weighted by molar-refractivity contribution is 7.18. The van der Waals surface area contributed by atoms with Crippen molar-refractivity contribution in [1.82, 2.24) is 15.0 Å². The Morgan fingerprint density at radius 2 is 2.03 bits per heavy atom. The van der Waals surface area contributed by atoms with Gasteiger partial charge < -0.3 is 5.32 Å². The van der Waals surface area contributed by atoms with E-state index in [4.69, 9.17) is 11.6 Å². The summed E-state index contributed by atoms with van der Waals surface area (Å²) in [5.41, 5.74) is 1.70. The first-order valence-electron chi connectivity index (χ1n) is 9.66. The molecule has 3 aromatic rings. The van der Waals surface area contributed by atoms with E-state index in [1.165, 1.54) is 4.88 Å². The zero-order chi connectivity index (χ0) is 20.8. The van der Waals surface area contributed by atoms with Crippen LogP contribution in [-0.2, 0) is 24.2 Å². The number of rotatable bonds is 3. The summed E-state index contributed by atoms with van der Waals surface area (Å²) < 4.78 is 1.15. The monoisotopic (exact) mass is 430 g/mol. The molecule has 0 saturated carbocycles. The number of aryl methyl sites for hydroxylation is 1. The van der Waals surface area contributed by atoms with Gasteiger partial charge in [-0.25, -0.2) is 4.68 Å². The third kappa shape index (κ3) is 4.07. The Morgan fingerprint density at radius 3 is 2.72 bits per heavy atom. The van der Waals surface area contributed by atoms with Crippen molar-refractivity contribution in [2.24, 2.45) is 11.3 Å². The van der Waals surface area contributed by atoms with Crippen LogP contribution < -0.4 is 10.9 Å². The quantitative estimate of drug-likeness (QED) is 0.672. The molecule has 0 spiro atoms. The summed E-state index contributed by atoms with van der Waals surface area (Å²) in [7, 11) is 0. The zero-order valence-corrected chi connectivity index (χ0v) is 18.2. The fourth-order valence-corrected chi connectivity index (χ4v) is 5.20. The predicted molar refractivity (Wildman–Crippen MR) is 117 cm³/mol. The van der Waals surface area contributed by atoms with Crippen LogP contribution in [0.15, 0.2) is 29.1 Å². The molecule has 152 valence electrons. The van der Waals surface area contributed by atoms with Crippen molar-refractivity contribution in [3.8, 4) is 0 Å². The summed E-state index contributed by atoms with van der Waals surface area (Å²) in [5.74, 6) is 0.253. The van der Waals surface area contributed by atoms with Gasteiger partial charge in [-0.15, -0.1) is 16.4 Å². The second kappa shape index (κ2) is 7.54. The molecule has 1 amide bonds. The standard InChI is InChI=1S/C21H23ClN4O2S/c1-21(2,3)12-4-9-15-16(10-12)29-19-18(15)20(28)26(25-24-19)11-17(27)23-14-7-5-13(22)6-8-14/h5-8,12H,4,9-11H2,1-3H3,(H,23,27). The van der Waals surface area contributed by atoms with E-state index >= 15 is 0 Å². The number of carbonyl (C=O) groups is 1. The Labute approximate surface area is 177 Å². The molecule has 1 aliphatic carbocycles. The first kappa shape index (κ1) is 20.0. The van der Waals surface area contributed by atoms with Crippen LogP contribution >= 0.6 is 22.9 Å². The first-order valence-corrected chi connectivity index (χ1v) is 10.9. The van der Waals surface area contributed by atoms with E-state index in [1.807, 2.05) is 0 Å². The van der Waals surface area contributed by atoms with E-state index in [-0.39, 0.29) is 23.4 Å². The Bertz CT molecular complexity index is 1130. The van der Waals surface area contributed by atoms with Gasteiger partial charge in [0.2, 0.25) is 5.91 Å². The van der Waals surface area contributed by atoms with Gasteiger partial charge in [0, 0.05) is 15.6 Å². The fraction of sp³-hybridized carbons (Fsp3) is 0.429. The molecule has 1 N–H and O–H groups in total. The van der Waals surface area contributed by atoms with Gasteiger partial charge in [-0.3, -0.25) is 9.59 Å². The van der Waals surface area contributed by atoms with E-state index < -0.39 is 0 Å². The van der Waals surface area contributed by atoms with E-state index in [1.54, 1.807) is 35.6 Å². The second-order valence-corrected chi connectivity index (χ2v) is 10.1. The topological polar surface area (TPSA) is 76.9 Å². The van der Waals surface area contributed by atoms with Crippen molar-refractivity contribution in [3.05, 3.63) is 50.1 Å². The largest absolute Gasteiger partial charge is 0.324 e. The number of hydrogen-bond donors (Lipinski definition) is 1. The molecule has 0 fully saturated rings. The fourth-order valence-electron chi connectivity index (χ4n) is 3.84. The summed E-state index contributed by atoms with van der Waals surface area (Å²) in [6, 6.07) is 6.80. The maximum Gasteiger partial charge on any atom is 0.279 e. The molecule has 0 bridgehead atoms. The summed E-state index contributed by atoms with van der Waals surface area (Å²) in [6.45, 7) is 6.62. The summed E-state index contributed by atoms with van der Waals surface area (Å²) in [5, 5.41) is 12.2. The van der Waals surface area contributed by atoms with Crippen LogP contribution in [0.1, 0.15) is 37.6 Å². The molecular weight excluding hydrogens is 408 g/mol. The van der Waals surface area contributed by atoms with Gasteiger partial charge in [0.05, 0.1) is 5.39 Å². The van der Waals surface area contributed by atoms with Crippen LogP contribution in [0.5, 0.6) is 0 Å². The molecule has 0 radical (unpaired) electrons. The second-order valence-electron chi connectivity index (χ2n) is 8.60. The van der Waals surface area contributed by atoms with Gasteiger partial charge in [0.25, 0.3) is 5.56 Å². The van der Waals surface area contributed by atoms with Crippen molar-refractivity contribution in [1.29, 1.82) is 0 Å². The number of amides is 1. The lowest BCUT2D eigenvalue weighted by atomic mass is 9.72. The third-order valence-electron chi connectivity index (χ3n) is 5.58. The molecule has 4 rings (SSSR count). The number of halogens is 1. The van der Waals surface area contributed by atoms with Crippen LogP contribution in [0.2, 0.25) is 5.02 Å². The van der Waals surface area contributed by atoms with Crippen LogP contribution in [0, 0.1) is 11.3 Å². The van der Waals surface area contributed by atoms with E-state index in [0.29, 0.717) is 26.8 Å². The molecule has 1 unspecified atom stereocenters. The van der Waals surface area contributed by atoms with Crippen LogP contribution in [-0.4, -0.2) is 20.9 Å². The van der Waals surface area contributed by atoms with Crippen molar-refractivity contribution < 1.29 is 4.79 Å². The van der Waals surface area contributed by atoms with Crippen molar-refractivity contribution in [2.75, 3.05) is 5.32 Å². The number of nitrogens with one attached hydrogen (secondary N) is 1. The smallest absolute Gasteiger partial charge is 0.279 e. The summed E-state index contributed by atoms with van der Waals surface area (Å²) >= 11 is 7.43. The lowest BCUT2D eigenvalue weighted by molar-refractivity contribution is -0.117. The molecule has 6 nitrogen and oxygen atoms in total. The molecule has 2 heterocycles. The maximum atomic E-state index is 13.0. The highest BCUT2D eigenvalue weighted by atomic mass is 35.5. The minimum atomic E-state index is -0.333. The minimum absolute atomic E-state index is 0.181. The van der Waals surface area contributed by atoms with Crippen molar-refractivity contribution >= 4 is 44.7 Å². The highest BCUT2D eigenvalue weighted by Gasteiger charge is 2.32. The van der Waals surface area contributed by atoms with Gasteiger partial charge in [-0.1, -0.05) is 37.6 Å². The van der Waals surface area contributed by atoms with E-state index in [0.717, 1.165) is 29.5 Å². The molecule has 0 aliphatic heterocycles. The third-order valence-corrected chi connectivity index (χ3v) is 6.98. The van der Waals surface area contributed by atoms with Crippen molar-refractivity contribution in [2.45, 2.75) is 46.6 Å². The van der Waals surface area contributed by atoms with E-state index in [9.17, 15) is 9.59 Å². The van der Waals surface area contributed by atoms with Gasteiger partial charge >= 0.3 is 0 Å². The Morgan fingerprint density at radius 1 is 1.31 bits per heavy atom. The van der Waals surface area contributed by atoms with Gasteiger partial charge in [0.15, 0.2) is 4.83 Å². The molecule has 1 aromatic carbocycles. The maximum absolute atomic E-state index is 13.0. The normalized spacial score (nSPS) is 16.6. The van der Waals surface area contributed by atoms with Crippen molar-refractivity contribution in [3.63, 3.8) is 0 Å². The molecular formula is C21H23ClN4O2S. The Balaban J connectivity index is 1.59. The number of thiophene rings is 1. The van der Waals surface area contributed by atoms with Crippen LogP contribution in [0.3, 0.4) is 0 Å². The molecule has 1 aliphatic rings. The average molecular weight is 431 g/mol. The summed E-state index contributed by atoms with van der Waals surface area (Å²) in [4.78, 5) is 27.3. The van der Waals surface area contributed by atoms with Crippen LogP contribution in [0.4, 0.5) is 5.69 Å². The lowest BCUT2D eigenvalue weighted by Crippen LogP contribution is -2.31. The first-order chi connectivity index (χ1) is 13.7. The predicted octanol–water partition coefficient (Wildman–Crippen LogP) is 4.30. The zero-order valence-electron chi connectivity index (χ0n) is 16.7. The Hall–Kier alpha value is -2.25. The van der Waals surface area contributed by atoms with Gasteiger partial charge in [-0.2, -0.15) is 0 Å². The number of nitrogens with zero attached hydrogens (tertiary/aromatic N) is 3. The molecule has 1 atom stereocenters. The number of aromatic nitrogens is 3. The molecule has 29 heavy (non-hydrogen) atoms. The van der Waals surface area contributed by atoms with Gasteiger partial charge in [-0.05, 0) is 60.4 Å². The SMILES string of the molecule is CC(C)(C)C1CCc2c(sc3nnn(CC(=O)Nc4ccc(Cl)cc4)c(=O)c23)C1. The van der Waals surface area contributed by atoms with E-state index in [2.05, 4.69) is 36.4 Å². The molecule has 0 saturated heterocycles. The number of anilines is 1. The number of hydrogen-bond acceptors (Lipinski definition) is 5. The summed E-state index contributed by atoms with van der Waals surface area (Å²) in [6.07, 6.45) is 2.90.